The third-order valence-electron chi connectivity index (χ3n) is 5.13. The topological polar surface area (TPSA) is 24.9 Å². The minimum absolute atomic E-state index is 0.772. The van der Waals surface area contributed by atoms with Crippen LogP contribution < -0.4 is 13.8 Å². The molecule has 1 aliphatic rings. The number of hydrogen-bond donors (Lipinski definition) is 0. The van der Waals surface area contributed by atoms with Crippen LogP contribution in [0.2, 0.25) is 0 Å². The fourth-order valence-corrected chi connectivity index (χ4v) is 4.19. The second kappa shape index (κ2) is 9.72. The smallest absolute Gasteiger partial charge is 0.184 e. The van der Waals surface area contributed by atoms with Crippen molar-refractivity contribution in [2.45, 2.75) is 11.4 Å². The van der Waals surface area contributed by atoms with Gasteiger partial charge in [0.25, 0.3) is 0 Å². The Balaban J connectivity index is 1.42. The molecule has 1 saturated heterocycles. The van der Waals surface area contributed by atoms with Gasteiger partial charge in [-0.05, 0) is 30.3 Å². The van der Waals surface area contributed by atoms with Gasteiger partial charge in [-0.15, -0.1) is 0 Å². The van der Waals surface area contributed by atoms with Crippen LogP contribution in [0.15, 0.2) is 83.8 Å². The summed E-state index contributed by atoms with van der Waals surface area (Å²) in [7, 11) is 1.69. The van der Waals surface area contributed by atoms with Gasteiger partial charge in [0.1, 0.15) is 0 Å². The molecule has 3 aromatic rings. The summed E-state index contributed by atoms with van der Waals surface area (Å²) >= 11 is 1.37. The van der Waals surface area contributed by atoms with Crippen LogP contribution in [-0.2, 0) is 6.54 Å². The monoisotopic (exact) mass is 406 g/mol. The maximum absolute atomic E-state index is 6.13. The number of nitrogens with zero attached hydrogens (tertiary/aromatic N) is 2. The van der Waals surface area contributed by atoms with Crippen LogP contribution in [0.5, 0.6) is 11.5 Å². The molecule has 0 radical (unpaired) electrons. The lowest BCUT2D eigenvalue weighted by Crippen LogP contribution is -2.45. The van der Waals surface area contributed by atoms with Gasteiger partial charge in [-0.2, -0.15) is 0 Å². The molecule has 0 aromatic heterocycles. The van der Waals surface area contributed by atoms with Crippen LogP contribution in [0.4, 0.5) is 5.69 Å². The van der Waals surface area contributed by atoms with E-state index in [1.54, 1.807) is 7.11 Å². The van der Waals surface area contributed by atoms with Crippen LogP contribution in [0.25, 0.3) is 0 Å². The standard InChI is InChI=1S/C24H26N2O2S/c1-27-23-14-8-9-20(24(23)28-29-22-12-6-3-7-13-22)19-25-15-17-26(18-16-25)21-10-4-2-5-11-21/h2-14H,15-19H2,1H3. The molecule has 3 aromatic carbocycles. The molecule has 4 rings (SSSR count). The lowest BCUT2D eigenvalue weighted by atomic mass is 10.1. The minimum Gasteiger partial charge on any atom is -0.493 e. The van der Waals surface area contributed by atoms with Crippen molar-refractivity contribution in [3.63, 3.8) is 0 Å². The number of hydrogen-bond acceptors (Lipinski definition) is 5. The van der Waals surface area contributed by atoms with Crippen LogP contribution in [0.1, 0.15) is 5.56 Å². The molecule has 5 heteroatoms. The summed E-state index contributed by atoms with van der Waals surface area (Å²) in [6, 6.07) is 26.9. The van der Waals surface area contributed by atoms with Crippen molar-refractivity contribution in [2.75, 3.05) is 38.2 Å². The number of benzene rings is 3. The molecule has 0 saturated carbocycles. The Bertz CT molecular complexity index is 897. The molecule has 0 atom stereocenters. The van der Waals surface area contributed by atoms with Crippen molar-refractivity contribution in [2.24, 2.45) is 0 Å². The van der Waals surface area contributed by atoms with E-state index in [4.69, 9.17) is 8.92 Å². The fourth-order valence-electron chi connectivity index (χ4n) is 3.55. The first-order valence-electron chi connectivity index (χ1n) is 9.91. The van der Waals surface area contributed by atoms with Crippen LogP contribution >= 0.6 is 12.0 Å². The van der Waals surface area contributed by atoms with Gasteiger partial charge in [0, 0.05) is 48.9 Å². The average molecular weight is 407 g/mol. The Morgan fingerprint density at radius 3 is 2.17 bits per heavy atom. The van der Waals surface area contributed by atoms with Gasteiger partial charge in [0.05, 0.1) is 19.2 Å². The van der Waals surface area contributed by atoms with Crippen molar-refractivity contribution in [1.29, 1.82) is 0 Å². The number of piperazine rings is 1. The number of para-hydroxylation sites is 2. The highest BCUT2D eigenvalue weighted by Crippen LogP contribution is 2.36. The third-order valence-corrected chi connectivity index (χ3v) is 5.85. The molecule has 0 aliphatic carbocycles. The van der Waals surface area contributed by atoms with E-state index < -0.39 is 0 Å². The van der Waals surface area contributed by atoms with E-state index in [0.717, 1.165) is 54.7 Å². The number of methoxy groups -OCH3 is 1. The van der Waals surface area contributed by atoms with E-state index in [2.05, 4.69) is 46.2 Å². The predicted octanol–water partition coefficient (Wildman–Crippen LogP) is 5.10. The summed E-state index contributed by atoms with van der Waals surface area (Å²) in [4.78, 5) is 6.00. The van der Waals surface area contributed by atoms with Crippen molar-refractivity contribution < 1.29 is 8.92 Å². The van der Waals surface area contributed by atoms with Gasteiger partial charge >= 0.3 is 0 Å². The molecular weight excluding hydrogens is 380 g/mol. The first-order chi connectivity index (χ1) is 14.3. The Morgan fingerprint density at radius 2 is 1.48 bits per heavy atom. The molecule has 1 heterocycles. The molecule has 1 aliphatic heterocycles. The molecule has 0 bridgehead atoms. The zero-order valence-corrected chi connectivity index (χ0v) is 17.5. The highest BCUT2D eigenvalue weighted by atomic mass is 32.2. The first kappa shape index (κ1) is 19.7. The van der Waals surface area contributed by atoms with E-state index in [1.165, 1.54) is 17.7 Å². The third kappa shape index (κ3) is 5.05. The average Bonchev–Trinajstić information content (AvgIpc) is 2.80. The highest BCUT2D eigenvalue weighted by molar-refractivity contribution is 7.95. The van der Waals surface area contributed by atoms with Gasteiger partial charge in [-0.25, -0.2) is 0 Å². The quantitative estimate of drug-likeness (QED) is 0.508. The Labute approximate surface area is 177 Å². The van der Waals surface area contributed by atoms with Crippen LogP contribution in [0, 0.1) is 0 Å². The maximum atomic E-state index is 6.13. The zero-order chi connectivity index (χ0) is 19.9. The van der Waals surface area contributed by atoms with Gasteiger partial charge < -0.3 is 13.8 Å². The summed E-state index contributed by atoms with van der Waals surface area (Å²) in [6.45, 7) is 4.96. The predicted molar refractivity (Wildman–Crippen MR) is 120 cm³/mol. The van der Waals surface area contributed by atoms with Crippen molar-refractivity contribution in [1.82, 2.24) is 4.90 Å². The Morgan fingerprint density at radius 1 is 0.793 bits per heavy atom. The lowest BCUT2D eigenvalue weighted by Gasteiger charge is -2.36. The first-order valence-corrected chi connectivity index (χ1v) is 10.7. The zero-order valence-electron chi connectivity index (χ0n) is 16.7. The molecule has 0 spiro atoms. The van der Waals surface area contributed by atoms with E-state index >= 15 is 0 Å². The molecule has 0 unspecified atom stereocenters. The van der Waals surface area contributed by atoms with Gasteiger partial charge in [0.2, 0.25) is 0 Å². The summed E-state index contributed by atoms with van der Waals surface area (Å²) < 4.78 is 11.7. The van der Waals surface area contributed by atoms with E-state index in [1.807, 2.05) is 42.5 Å². The van der Waals surface area contributed by atoms with Crippen molar-refractivity contribution >= 4 is 17.7 Å². The molecule has 1 fully saturated rings. The fraction of sp³-hybridized carbons (Fsp3) is 0.250. The van der Waals surface area contributed by atoms with Gasteiger partial charge in [0.15, 0.2) is 11.5 Å². The van der Waals surface area contributed by atoms with Gasteiger partial charge in [-0.3, -0.25) is 4.90 Å². The molecular formula is C24H26N2O2S. The molecule has 29 heavy (non-hydrogen) atoms. The van der Waals surface area contributed by atoms with E-state index in [9.17, 15) is 0 Å². The summed E-state index contributed by atoms with van der Waals surface area (Å²) in [5.74, 6) is 1.59. The molecule has 0 N–H and O–H groups in total. The molecule has 150 valence electrons. The number of anilines is 1. The molecule has 4 nitrogen and oxygen atoms in total. The molecule has 0 amide bonds. The van der Waals surface area contributed by atoms with Crippen molar-refractivity contribution in [3.05, 3.63) is 84.4 Å². The lowest BCUT2D eigenvalue weighted by molar-refractivity contribution is 0.247. The second-order valence-electron chi connectivity index (χ2n) is 7.03. The van der Waals surface area contributed by atoms with E-state index in [0.29, 0.717) is 0 Å². The highest BCUT2D eigenvalue weighted by Gasteiger charge is 2.20. The SMILES string of the molecule is COc1cccc(CN2CCN(c3ccccc3)CC2)c1OSc1ccccc1. The minimum atomic E-state index is 0.772. The van der Waals surface area contributed by atoms with Crippen molar-refractivity contribution in [3.8, 4) is 11.5 Å². The number of rotatable bonds is 7. The van der Waals surface area contributed by atoms with Crippen LogP contribution in [0.3, 0.4) is 0 Å². The Hall–Kier alpha value is -2.63. The largest absolute Gasteiger partial charge is 0.493 e. The van der Waals surface area contributed by atoms with Gasteiger partial charge in [-0.1, -0.05) is 48.5 Å². The second-order valence-corrected chi connectivity index (χ2v) is 7.83. The summed E-state index contributed by atoms with van der Waals surface area (Å²) in [6.07, 6.45) is 0. The Kier molecular flexibility index (Phi) is 6.60. The summed E-state index contributed by atoms with van der Waals surface area (Å²) in [5.41, 5.74) is 2.46. The van der Waals surface area contributed by atoms with E-state index in [-0.39, 0.29) is 0 Å². The normalized spacial score (nSPS) is 14.6. The van der Waals surface area contributed by atoms with Crippen LogP contribution in [-0.4, -0.2) is 38.2 Å². The maximum Gasteiger partial charge on any atom is 0.184 e. The summed E-state index contributed by atoms with van der Waals surface area (Å²) in [5, 5.41) is 0. The number of ether oxygens (including phenoxy) is 1.